The Labute approximate surface area is 121 Å². The first-order valence-corrected chi connectivity index (χ1v) is 7.65. The molecule has 3 nitrogen and oxygen atoms in total. The molecule has 2 aromatic rings. The van der Waals surface area contributed by atoms with Gasteiger partial charge in [0.05, 0.1) is 22.7 Å². The highest BCUT2D eigenvalue weighted by Gasteiger charge is 2.18. The largest absolute Gasteiger partial charge is 0.328 e. The standard InChI is InChI=1S/C17H23N3/c1-4-7-8-14(5-2)17-19-15-11-13(12-18)9-10-16(15)20(17)6-3/h9-11,14H,4-8H2,1-3H3. The van der Waals surface area contributed by atoms with Crippen molar-refractivity contribution in [2.75, 3.05) is 0 Å². The Kier molecular flexibility index (Phi) is 4.79. The SMILES string of the molecule is CCCCC(CC)c1nc2cc(C#N)ccc2n1CC. The number of benzene rings is 1. The molecule has 0 aliphatic rings. The van der Waals surface area contributed by atoms with Crippen molar-refractivity contribution in [3.8, 4) is 6.07 Å². The molecule has 0 fully saturated rings. The molecule has 1 unspecified atom stereocenters. The summed E-state index contributed by atoms with van der Waals surface area (Å²) in [6, 6.07) is 8.00. The van der Waals surface area contributed by atoms with Crippen LogP contribution in [0.25, 0.3) is 11.0 Å². The second kappa shape index (κ2) is 6.56. The van der Waals surface area contributed by atoms with E-state index in [9.17, 15) is 0 Å². The van der Waals surface area contributed by atoms with Crippen LogP contribution in [0, 0.1) is 11.3 Å². The summed E-state index contributed by atoms with van der Waals surface area (Å²) in [7, 11) is 0. The summed E-state index contributed by atoms with van der Waals surface area (Å²) in [5.41, 5.74) is 2.79. The summed E-state index contributed by atoms with van der Waals surface area (Å²) >= 11 is 0. The Morgan fingerprint density at radius 1 is 1.30 bits per heavy atom. The van der Waals surface area contributed by atoms with Crippen LogP contribution in [0.2, 0.25) is 0 Å². The molecule has 1 aromatic heterocycles. The molecule has 0 radical (unpaired) electrons. The topological polar surface area (TPSA) is 41.6 Å². The van der Waals surface area contributed by atoms with Crippen molar-refractivity contribution in [3.63, 3.8) is 0 Å². The van der Waals surface area contributed by atoms with E-state index in [1.807, 2.05) is 18.2 Å². The summed E-state index contributed by atoms with van der Waals surface area (Å²) in [4.78, 5) is 4.83. The summed E-state index contributed by atoms with van der Waals surface area (Å²) in [6.07, 6.45) is 4.78. The third-order valence-corrected chi connectivity index (χ3v) is 3.99. The lowest BCUT2D eigenvalue weighted by Crippen LogP contribution is -2.08. The number of aromatic nitrogens is 2. The van der Waals surface area contributed by atoms with Gasteiger partial charge in [-0.05, 0) is 38.0 Å². The van der Waals surface area contributed by atoms with E-state index in [-0.39, 0.29) is 0 Å². The molecule has 1 aromatic carbocycles. The Morgan fingerprint density at radius 3 is 2.70 bits per heavy atom. The van der Waals surface area contributed by atoms with Gasteiger partial charge in [0, 0.05) is 12.5 Å². The van der Waals surface area contributed by atoms with Crippen molar-refractivity contribution in [2.45, 2.75) is 58.9 Å². The van der Waals surface area contributed by atoms with Gasteiger partial charge in [-0.15, -0.1) is 0 Å². The Bertz CT molecular complexity index is 619. The number of nitrogens with zero attached hydrogens (tertiary/aromatic N) is 3. The maximum absolute atomic E-state index is 9.02. The average molecular weight is 269 g/mol. The number of rotatable bonds is 6. The molecular formula is C17H23N3. The lowest BCUT2D eigenvalue weighted by molar-refractivity contribution is 0.520. The molecule has 20 heavy (non-hydrogen) atoms. The van der Waals surface area contributed by atoms with Crippen molar-refractivity contribution in [2.24, 2.45) is 0 Å². The molecule has 0 spiro atoms. The first-order chi connectivity index (χ1) is 9.74. The zero-order valence-corrected chi connectivity index (χ0v) is 12.7. The predicted octanol–water partition coefficient (Wildman–Crippen LogP) is 4.61. The minimum atomic E-state index is 0.521. The molecule has 0 aliphatic heterocycles. The zero-order valence-electron chi connectivity index (χ0n) is 12.7. The summed E-state index contributed by atoms with van der Waals surface area (Å²) in [5.74, 6) is 1.71. The van der Waals surface area contributed by atoms with E-state index >= 15 is 0 Å². The van der Waals surface area contributed by atoms with Gasteiger partial charge in [0.2, 0.25) is 0 Å². The van der Waals surface area contributed by atoms with Gasteiger partial charge < -0.3 is 4.57 Å². The van der Waals surface area contributed by atoms with Crippen LogP contribution >= 0.6 is 0 Å². The van der Waals surface area contributed by atoms with Crippen molar-refractivity contribution in [1.29, 1.82) is 5.26 Å². The van der Waals surface area contributed by atoms with Crippen molar-refractivity contribution < 1.29 is 0 Å². The molecule has 0 saturated carbocycles. The third-order valence-electron chi connectivity index (χ3n) is 3.99. The minimum absolute atomic E-state index is 0.521. The fourth-order valence-electron chi connectivity index (χ4n) is 2.83. The monoisotopic (exact) mass is 269 g/mol. The fourth-order valence-corrected chi connectivity index (χ4v) is 2.83. The van der Waals surface area contributed by atoms with Crippen LogP contribution in [0.5, 0.6) is 0 Å². The van der Waals surface area contributed by atoms with Gasteiger partial charge in [-0.2, -0.15) is 5.26 Å². The second-order valence-corrected chi connectivity index (χ2v) is 5.28. The summed E-state index contributed by atoms with van der Waals surface area (Å²) in [6.45, 7) is 7.56. The van der Waals surface area contributed by atoms with E-state index in [0.29, 0.717) is 11.5 Å². The number of aryl methyl sites for hydroxylation is 1. The van der Waals surface area contributed by atoms with Crippen molar-refractivity contribution in [3.05, 3.63) is 29.6 Å². The number of fused-ring (bicyclic) bond motifs is 1. The van der Waals surface area contributed by atoms with Crippen molar-refractivity contribution >= 4 is 11.0 Å². The first kappa shape index (κ1) is 14.6. The van der Waals surface area contributed by atoms with E-state index in [1.54, 1.807) is 0 Å². The van der Waals surface area contributed by atoms with Crippen LogP contribution in [0.4, 0.5) is 0 Å². The quantitative estimate of drug-likeness (QED) is 0.768. The lowest BCUT2D eigenvalue weighted by atomic mass is 9.98. The molecule has 0 aliphatic carbocycles. The Balaban J connectivity index is 2.49. The molecule has 1 atom stereocenters. The molecule has 106 valence electrons. The lowest BCUT2D eigenvalue weighted by Gasteiger charge is -2.15. The number of hydrogen-bond acceptors (Lipinski definition) is 2. The molecule has 3 heteroatoms. The smallest absolute Gasteiger partial charge is 0.112 e. The highest BCUT2D eigenvalue weighted by Crippen LogP contribution is 2.28. The summed E-state index contributed by atoms with van der Waals surface area (Å²) < 4.78 is 2.31. The predicted molar refractivity (Wildman–Crippen MR) is 82.7 cm³/mol. The molecule has 2 rings (SSSR count). The number of hydrogen-bond donors (Lipinski definition) is 0. The fraction of sp³-hybridized carbons (Fsp3) is 0.529. The Hall–Kier alpha value is -1.82. The number of unbranched alkanes of at least 4 members (excludes halogenated alkanes) is 1. The van der Waals surface area contributed by atoms with Gasteiger partial charge in [-0.25, -0.2) is 4.98 Å². The van der Waals surface area contributed by atoms with Gasteiger partial charge in [0.1, 0.15) is 5.82 Å². The molecule has 0 N–H and O–H groups in total. The minimum Gasteiger partial charge on any atom is -0.328 e. The van der Waals surface area contributed by atoms with E-state index < -0.39 is 0 Å². The van der Waals surface area contributed by atoms with Crippen LogP contribution in [-0.4, -0.2) is 9.55 Å². The second-order valence-electron chi connectivity index (χ2n) is 5.28. The van der Waals surface area contributed by atoms with Crippen LogP contribution in [0.1, 0.15) is 63.8 Å². The van der Waals surface area contributed by atoms with Gasteiger partial charge >= 0.3 is 0 Å². The molecule has 1 heterocycles. The number of nitriles is 1. The molecule has 0 bridgehead atoms. The highest BCUT2D eigenvalue weighted by atomic mass is 15.1. The first-order valence-electron chi connectivity index (χ1n) is 7.65. The zero-order chi connectivity index (χ0) is 14.5. The molecule has 0 amide bonds. The molecular weight excluding hydrogens is 246 g/mol. The maximum atomic E-state index is 9.02. The van der Waals surface area contributed by atoms with E-state index in [4.69, 9.17) is 10.2 Å². The van der Waals surface area contributed by atoms with Crippen LogP contribution in [0.15, 0.2) is 18.2 Å². The van der Waals surface area contributed by atoms with Gasteiger partial charge in [-0.1, -0.05) is 26.7 Å². The van der Waals surface area contributed by atoms with Crippen LogP contribution in [-0.2, 0) is 6.54 Å². The molecule has 0 saturated heterocycles. The van der Waals surface area contributed by atoms with E-state index in [1.165, 1.54) is 25.1 Å². The van der Waals surface area contributed by atoms with E-state index in [2.05, 4.69) is 31.4 Å². The normalized spacial score (nSPS) is 12.5. The van der Waals surface area contributed by atoms with Crippen molar-refractivity contribution in [1.82, 2.24) is 9.55 Å². The average Bonchev–Trinajstić information content (AvgIpc) is 2.85. The van der Waals surface area contributed by atoms with Crippen LogP contribution in [0.3, 0.4) is 0 Å². The van der Waals surface area contributed by atoms with E-state index in [0.717, 1.165) is 24.0 Å². The third kappa shape index (κ3) is 2.70. The van der Waals surface area contributed by atoms with Gasteiger partial charge in [0.25, 0.3) is 0 Å². The maximum Gasteiger partial charge on any atom is 0.112 e. The Morgan fingerprint density at radius 2 is 2.10 bits per heavy atom. The highest BCUT2D eigenvalue weighted by molar-refractivity contribution is 5.77. The summed E-state index contributed by atoms with van der Waals surface area (Å²) in [5, 5.41) is 9.02. The van der Waals surface area contributed by atoms with Gasteiger partial charge in [0.15, 0.2) is 0 Å². The van der Waals surface area contributed by atoms with Crippen LogP contribution < -0.4 is 0 Å². The number of imidazole rings is 1. The van der Waals surface area contributed by atoms with Gasteiger partial charge in [-0.3, -0.25) is 0 Å².